The minimum atomic E-state index is -0.720. The van der Waals surface area contributed by atoms with Crippen molar-refractivity contribution in [3.05, 3.63) is 23.3 Å². The highest BCUT2D eigenvalue weighted by Gasteiger charge is 2.67. The number of rotatable bonds is 1. The summed E-state index contributed by atoms with van der Waals surface area (Å²) in [6.07, 6.45) is 11.3. The summed E-state index contributed by atoms with van der Waals surface area (Å²) in [5.41, 5.74) is 1.26. The van der Waals surface area contributed by atoms with Crippen LogP contribution in [0.4, 0.5) is 0 Å². The number of ketones is 2. The van der Waals surface area contributed by atoms with Gasteiger partial charge in [0.05, 0.1) is 5.41 Å². The average molecular weight is 439 g/mol. The van der Waals surface area contributed by atoms with Crippen molar-refractivity contribution in [3.8, 4) is 0 Å². The summed E-state index contributed by atoms with van der Waals surface area (Å²) in [6, 6.07) is 0. The van der Waals surface area contributed by atoms with Gasteiger partial charge in [0.1, 0.15) is 0 Å². The van der Waals surface area contributed by atoms with Crippen molar-refractivity contribution in [3.63, 3.8) is 0 Å². The number of hydrogen-bond donors (Lipinski definition) is 1. The van der Waals surface area contributed by atoms with Crippen LogP contribution in [0.15, 0.2) is 23.3 Å². The molecule has 0 aromatic carbocycles. The van der Waals surface area contributed by atoms with Gasteiger partial charge in [0.15, 0.2) is 11.6 Å². The number of carbonyl (C=O) groups excluding carboxylic acids is 2. The van der Waals surface area contributed by atoms with Crippen LogP contribution in [0, 0.1) is 38.9 Å². The lowest BCUT2D eigenvalue weighted by molar-refractivity contribution is -0.158. The second kappa shape index (κ2) is 6.45. The van der Waals surface area contributed by atoms with Gasteiger partial charge in [-0.1, -0.05) is 38.8 Å². The summed E-state index contributed by atoms with van der Waals surface area (Å²) in [5.74, 6) is -0.235. The van der Waals surface area contributed by atoms with Crippen molar-refractivity contribution in [2.75, 3.05) is 0 Å². The van der Waals surface area contributed by atoms with Crippen molar-refractivity contribution in [2.45, 2.75) is 92.4 Å². The molecule has 0 spiro atoms. The maximum atomic E-state index is 13.9. The molecule has 4 heteroatoms. The van der Waals surface area contributed by atoms with E-state index in [0.717, 1.165) is 38.5 Å². The summed E-state index contributed by atoms with van der Waals surface area (Å²) in [5, 5.41) is 9.99. The molecule has 0 radical (unpaired) electrons. The highest BCUT2D eigenvalue weighted by molar-refractivity contribution is 5.97. The van der Waals surface area contributed by atoms with E-state index in [9.17, 15) is 19.5 Å². The van der Waals surface area contributed by atoms with Crippen LogP contribution in [-0.4, -0.2) is 22.6 Å². The Bertz CT molecular complexity index is 989. The van der Waals surface area contributed by atoms with E-state index in [1.165, 1.54) is 11.1 Å². The Balaban J connectivity index is 1.64. The molecule has 1 N–H and O–H groups in total. The second-order valence-corrected chi connectivity index (χ2v) is 13.0. The van der Waals surface area contributed by atoms with Gasteiger partial charge in [-0.25, -0.2) is 0 Å². The fraction of sp³-hybridized carbons (Fsp3) is 0.750. The topological polar surface area (TPSA) is 71.4 Å². The van der Waals surface area contributed by atoms with E-state index < -0.39 is 11.4 Å². The third-order valence-corrected chi connectivity index (χ3v) is 11.5. The van der Waals surface area contributed by atoms with Gasteiger partial charge in [-0.05, 0) is 98.0 Å². The van der Waals surface area contributed by atoms with E-state index in [2.05, 4.69) is 27.7 Å². The number of aliphatic carboxylic acids is 1. The van der Waals surface area contributed by atoms with Crippen LogP contribution < -0.4 is 0 Å². The van der Waals surface area contributed by atoms with Crippen LogP contribution in [0.3, 0.4) is 0 Å². The first-order valence-corrected chi connectivity index (χ1v) is 12.5. The monoisotopic (exact) mass is 438 g/mol. The first kappa shape index (κ1) is 22.1. The number of carboxylic acids is 1. The summed E-state index contributed by atoms with van der Waals surface area (Å²) in [7, 11) is 0. The van der Waals surface area contributed by atoms with E-state index in [4.69, 9.17) is 0 Å². The van der Waals surface area contributed by atoms with Crippen LogP contribution >= 0.6 is 0 Å². The maximum Gasteiger partial charge on any atom is 0.309 e. The maximum absolute atomic E-state index is 13.9. The fourth-order valence-electron chi connectivity index (χ4n) is 8.82. The predicted molar refractivity (Wildman–Crippen MR) is 123 cm³/mol. The first-order valence-electron chi connectivity index (χ1n) is 12.5. The normalized spacial score (nSPS) is 50.3. The molecule has 3 fully saturated rings. The fourth-order valence-corrected chi connectivity index (χ4v) is 8.82. The number of fused-ring (bicyclic) bond motifs is 7. The zero-order valence-electron chi connectivity index (χ0n) is 20.3. The van der Waals surface area contributed by atoms with E-state index in [0.29, 0.717) is 19.3 Å². The average Bonchev–Trinajstić information content (AvgIpc) is 2.71. The van der Waals surface area contributed by atoms with Crippen molar-refractivity contribution < 1.29 is 19.5 Å². The number of carbonyl (C=O) groups is 3. The summed E-state index contributed by atoms with van der Waals surface area (Å²) in [6.45, 7) is 11.2. The second-order valence-electron chi connectivity index (χ2n) is 13.0. The largest absolute Gasteiger partial charge is 0.481 e. The van der Waals surface area contributed by atoms with Crippen molar-refractivity contribution in [2.24, 2.45) is 38.9 Å². The van der Waals surface area contributed by atoms with E-state index in [1.54, 1.807) is 0 Å². The third kappa shape index (κ3) is 2.58. The molecule has 4 nitrogen and oxygen atoms in total. The quantitative estimate of drug-likeness (QED) is 0.553. The van der Waals surface area contributed by atoms with Gasteiger partial charge in [0.25, 0.3) is 0 Å². The van der Waals surface area contributed by atoms with Crippen molar-refractivity contribution in [1.29, 1.82) is 0 Å². The zero-order chi connectivity index (χ0) is 23.3. The van der Waals surface area contributed by atoms with Crippen molar-refractivity contribution in [1.82, 2.24) is 0 Å². The molecule has 0 aliphatic heterocycles. The minimum Gasteiger partial charge on any atom is -0.481 e. The molecule has 0 amide bonds. The first-order chi connectivity index (χ1) is 14.8. The molecule has 3 saturated carbocycles. The molecule has 0 aromatic heterocycles. The van der Waals surface area contributed by atoms with Gasteiger partial charge in [-0.15, -0.1) is 0 Å². The Morgan fingerprint density at radius 3 is 2.28 bits per heavy atom. The number of carboxylic acid groups (broad SMARTS) is 1. The Morgan fingerprint density at radius 1 is 0.906 bits per heavy atom. The standard InChI is InChI=1S/C28H38O4/c1-24-10-11-25(2,23(31)32)16-20(24)19-15-21(30)22-26(3)8-7-18(29)14-17(26)6-9-28(22,5)27(19,4)13-12-24/h14-15,20,22H,6-13,16H2,1-5H3,(H,31,32)/t20-,22+,24+,25-,26-,27+,28+/m0/s1. The van der Waals surface area contributed by atoms with E-state index in [-0.39, 0.29) is 45.1 Å². The van der Waals surface area contributed by atoms with Crippen LogP contribution in [-0.2, 0) is 14.4 Å². The molecular weight excluding hydrogens is 400 g/mol. The Morgan fingerprint density at radius 2 is 1.59 bits per heavy atom. The van der Waals surface area contributed by atoms with Crippen molar-refractivity contribution >= 4 is 17.5 Å². The van der Waals surface area contributed by atoms with E-state index >= 15 is 0 Å². The van der Waals surface area contributed by atoms with Crippen LogP contribution in [0.2, 0.25) is 0 Å². The highest BCUT2D eigenvalue weighted by atomic mass is 16.4. The SMILES string of the molecule is C[C@]1(C(=O)O)CC[C@]2(C)CC[C@]3(C)C(=CC(=O)[C@@H]4[C@@]5(C)CCC(=O)C=C5CC[C@]43C)[C@@H]2C1. The minimum absolute atomic E-state index is 0.0741. The summed E-state index contributed by atoms with van der Waals surface area (Å²) < 4.78 is 0. The Labute approximate surface area is 191 Å². The molecule has 0 heterocycles. The van der Waals surface area contributed by atoms with Crippen LogP contribution in [0.25, 0.3) is 0 Å². The van der Waals surface area contributed by atoms with Gasteiger partial charge in [0.2, 0.25) is 0 Å². The van der Waals surface area contributed by atoms with Gasteiger partial charge in [0, 0.05) is 12.3 Å². The molecule has 0 aromatic rings. The lowest BCUT2D eigenvalue weighted by atomic mass is 9.36. The molecule has 0 unspecified atom stereocenters. The Kier molecular flexibility index (Phi) is 4.45. The van der Waals surface area contributed by atoms with Crippen LogP contribution in [0.5, 0.6) is 0 Å². The lowest BCUT2D eigenvalue weighted by Crippen LogP contribution is -2.62. The molecule has 7 atom stereocenters. The molecule has 5 aliphatic carbocycles. The highest BCUT2D eigenvalue weighted by Crippen LogP contribution is 2.73. The zero-order valence-corrected chi connectivity index (χ0v) is 20.3. The van der Waals surface area contributed by atoms with Crippen LogP contribution in [0.1, 0.15) is 92.4 Å². The molecular formula is C28H38O4. The van der Waals surface area contributed by atoms with Gasteiger partial charge in [-0.2, -0.15) is 0 Å². The molecule has 5 aliphatic rings. The molecule has 174 valence electrons. The van der Waals surface area contributed by atoms with Gasteiger partial charge in [-0.3, -0.25) is 14.4 Å². The summed E-state index contributed by atoms with van der Waals surface area (Å²) in [4.78, 5) is 38.3. The molecule has 5 rings (SSSR count). The van der Waals surface area contributed by atoms with E-state index in [1.807, 2.05) is 19.1 Å². The predicted octanol–water partition coefficient (Wildman–Crippen LogP) is 5.90. The number of allylic oxidation sites excluding steroid dienone is 4. The smallest absolute Gasteiger partial charge is 0.309 e. The third-order valence-electron chi connectivity index (χ3n) is 11.5. The molecule has 0 saturated heterocycles. The summed E-state index contributed by atoms with van der Waals surface area (Å²) >= 11 is 0. The number of hydrogen-bond acceptors (Lipinski definition) is 3. The van der Waals surface area contributed by atoms with Gasteiger partial charge >= 0.3 is 5.97 Å². The molecule has 0 bridgehead atoms. The Hall–Kier alpha value is -1.71. The van der Waals surface area contributed by atoms with Gasteiger partial charge < -0.3 is 5.11 Å². The lowest BCUT2D eigenvalue weighted by Gasteiger charge is -2.67. The molecule has 32 heavy (non-hydrogen) atoms.